The Morgan fingerprint density at radius 1 is 0.818 bits per heavy atom. The third-order valence-electron chi connectivity index (χ3n) is 8.56. The van der Waals surface area contributed by atoms with Gasteiger partial charge in [-0.05, 0) is 75.5 Å². The zero-order chi connectivity index (χ0) is 29.1. The van der Waals surface area contributed by atoms with Crippen LogP contribution in [0.25, 0.3) is 5.65 Å². The summed E-state index contributed by atoms with van der Waals surface area (Å²) < 4.78 is 7.36. The summed E-state index contributed by atoms with van der Waals surface area (Å²) in [6, 6.07) is 20.2. The minimum absolute atomic E-state index is 0. The molecule has 0 N–H and O–H groups in total. The Balaban J connectivity index is 0.00000221. The van der Waals surface area contributed by atoms with E-state index in [0.29, 0.717) is 39.8 Å². The molecule has 0 aliphatic carbocycles. The van der Waals surface area contributed by atoms with Crippen LogP contribution in [0.4, 0.5) is 0 Å². The molecule has 2 saturated heterocycles. The van der Waals surface area contributed by atoms with Crippen molar-refractivity contribution < 1.29 is 14.3 Å². The van der Waals surface area contributed by atoms with Crippen molar-refractivity contribution >= 4 is 42.2 Å². The van der Waals surface area contributed by atoms with Gasteiger partial charge in [0.05, 0.1) is 5.56 Å². The van der Waals surface area contributed by atoms with Gasteiger partial charge in [-0.25, -0.2) is 0 Å². The number of carbonyl (C=O) groups excluding carboxylic acids is 2. The van der Waals surface area contributed by atoms with Gasteiger partial charge < -0.3 is 14.5 Å². The molecule has 0 atom stereocenters. The molecule has 8 nitrogen and oxygen atoms in total. The second kappa shape index (κ2) is 14.8. The van der Waals surface area contributed by atoms with Gasteiger partial charge in [-0.3, -0.25) is 18.8 Å². The predicted octanol–water partition coefficient (Wildman–Crippen LogP) is 5.75. The lowest BCUT2D eigenvalue weighted by Crippen LogP contribution is -2.48. The maximum atomic E-state index is 13.1. The summed E-state index contributed by atoms with van der Waals surface area (Å²) in [5, 5.41) is 0. The highest BCUT2D eigenvalue weighted by Gasteiger charge is 2.28. The minimum Gasteiger partial charge on any atom is -0.472 e. The van der Waals surface area contributed by atoms with Crippen LogP contribution in [0.15, 0.2) is 77.7 Å². The molecule has 2 aromatic heterocycles. The minimum atomic E-state index is -0.165. The molecule has 44 heavy (non-hydrogen) atoms. The van der Waals surface area contributed by atoms with Crippen molar-refractivity contribution in [1.82, 2.24) is 19.2 Å². The number of benzene rings is 2. The zero-order valence-electron chi connectivity index (χ0n) is 24.8. The van der Waals surface area contributed by atoms with E-state index in [1.807, 2.05) is 23.1 Å². The van der Waals surface area contributed by atoms with Gasteiger partial charge >= 0.3 is 0 Å². The fraction of sp³-hybridized carbons (Fsp3) is 0.353. The number of piperidine rings is 2. The van der Waals surface area contributed by atoms with E-state index >= 15 is 0 Å². The summed E-state index contributed by atoms with van der Waals surface area (Å²) in [5.74, 6) is 0.227. The van der Waals surface area contributed by atoms with Gasteiger partial charge in [-0.15, -0.1) is 24.8 Å². The molecule has 10 heteroatoms. The van der Waals surface area contributed by atoms with Gasteiger partial charge in [0, 0.05) is 42.0 Å². The zero-order valence-corrected chi connectivity index (χ0v) is 26.4. The van der Waals surface area contributed by atoms with Gasteiger partial charge in [-0.1, -0.05) is 48.9 Å². The van der Waals surface area contributed by atoms with Crippen molar-refractivity contribution in [1.29, 1.82) is 0 Å². The second-order valence-corrected chi connectivity index (χ2v) is 11.3. The largest absolute Gasteiger partial charge is 0.472 e. The Labute approximate surface area is 269 Å². The van der Waals surface area contributed by atoms with Crippen LogP contribution in [-0.2, 0) is 6.61 Å². The SMILES string of the molecule is Cc1c(OCc2ccc(C(=O)c3ccc(C(=O)N4CCC(N5CCCCC5)CC4)cc3)cc2)nc2ccccn2c1=O.Cl.Cl. The maximum Gasteiger partial charge on any atom is 0.264 e. The number of hydrogen-bond donors (Lipinski definition) is 0. The molecule has 0 bridgehead atoms. The number of pyridine rings is 1. The van der Waals surface area contributed by atoms with Gasteiger partial charge in [0.1, 0.15) is 12.3 Å². The normalized spacial score (nSPS) is 15.7. The quantitative estimate of drug-likeness (QED) is 0.240. The fourth-order valence-electron chi connectivity index (χ4n) is 6.03. The van der Waals surface area contributed by atoms with Crippen LogP contribution in [0.1, 0.15) is 69.5 Å². The molecule has 2 aromatic carbocycles. The number of ketones is 1. The molecular formula is C34H38Cl2N4O4. The molecule has 0 spiro atoms. The van der Waals surface area contributed by atoms with E-state index < -0.39 is 0 Å². The number of carbonyl (C=O) groups is 2. The predicted molar refractivity (Wildman–Crippen MR) is 176 cm³/mol. The molecule has 4 aromatic rings. The molecule has 2 aliphatic rings. The van der Waals surface area contributed by atoms with Crippen molar-refractivity contribution in [3.8, 4) is 5.88 Å². The summed E-state index contributed by atoms with van der Waals surface area (Å²) in [4.78, 5) is 47.9. The number of halogens is 2. The topological polar surface area (TPSA) is 84.2 Å². The van der Waals surface area contributed by atoms with E-state index in [1.165, 1.54) is 36.8 Å². The van der Waals surface area contributed by atoms with Crippen LogP contribution < -0.4 is 10.3 Å². The standard InChI is InChI=1S/C34H36N4O4.2ClH/c1-24-32(35-30-7-3-6-20-38(30)33(24)40)42-23-25-8-10-26(11-9-25)31(39)27-12-14-28(15-13-27)34(41)37-21-16-29(17-22-37)36-18-4-2-5-19-36;;/h3,6-15,20,29H,2,4-5,16-19,21-23H2,1H3;2*1H. The molecule has 0 unspecified atom stereocenters. The fourth-order valence-corrected chi connectivity index (χ4v) is 6.03. The van der Waals surface area contributed by atoms with E-state index in [0.717, 1.165) is 31.5 Å². The summed E-state index contributed by atoms with van der Waals surface area (Å²) in [7, 11) is 0. The highest BCUT2D eigenvalue weighted by molar-refractivity contribution is 6.09. The van der Waals surface area contributed by atoms with Gasteiger partial charge in [0.2, 0.25) is 5.88 Å². The highest BCUT2D eigenvalue weighted by Crippen LogP contribution is 2.23. The Morgan fingerprint density at radius 3 is 2.09 bits per heavy atom. The molecular weight excluding hydrogens is 599 g/mol. The maximum absolute atomic E-state index is 13.1. The van der Waals surface area contributed by atoms with Crippen LogP contribution >= 0.6 is 24.8 Å². The number of amides is 1. The van der Waals surface area contributed by atoms with Gasteiger partial charge in [-0.2, -0.15) is 4.98 Å². The summed E-state index contributed by atoms with van der Waals surface area (Å²) in [6.45, 7) is 5.86. The first-order valence-corrected chi connectivity index (χ1v) is 14.9. The lowest BCUT2D eigenvalue weighted by Gasteiger charge is -2.40. The van der Waals surface area contributed by atoms with Gasteiger partial charge in [0.15, 0.2) is 5.78 Å². The van der Waals surface area contributed by atoms with Crippen LogP contribution in [0.2, 0.25) is 0 Å². The second-order valence-electron chi connectivity index (χ2n) is 11.3. The highest BCUT2D eigenvalue weighted by atomic mass is 35.5. The number of hydrogen-bond acceptors (Lipinski definition) is 6. The Kier molecular flexibility index (Phi) is 11.2. The number of fused-ring (bicyclic) bond motifs is 1. The van der Waals surface area contributed by atoms with Crippen molar-refractivity contribution in [2.75, 3.05) is 26.2 Å². The lowest BCUT2D eigenvalue weighted by atomic mass is 9.98. The summed E-state index contributed by atoms with van der Waals surface area (Å²) in [6.07, 6.45) is 7.65. The van der Waals surface area contributed by atoms with E-state index in [2.05, 4.69) is 9.88 Å². The number of rotatable bonds is 7. The van der Waals surface area contributed by atoms with Crippen LogP contribution in [0.5, 0.6) is 5.88 Å². The molecule has 0 saturated carbocycles. The number of aromatic nitrogens is 2. The number of ether oxygens (including phenoxy) is 1. The van der Waals surface area contributed by atoms with Crippen LogP contribution in [0.3, 0.4) is 0 Å². The first kappa shape index (κ1) is 33.2. The third-order valence-corrected chi connectivity index (χ3v) is 8.56. The van der Waals surface area contributed by atoms with Crippen molar-refractivity contribution in [3.05, 3.63) is 111 Å². The third kappa shape index (κ3) is 7.15. The van der Waals surface area contributed by atoms with E-state index in [-0.39, 0.29) is 48.7 Å². The summed E-state index contributed by atoms with van der Waals surface area (Å²) in [5.41, 5.74) is 3.36. The summed E-state index contributed by atoms with van der Waals surface area (Å²) >= 11 is 0. The average Bonchev–Trinajstić information content (AvgIpc) is 3.06. The van der Waals surface area contributed by atoms with E-state index in [9.17, 15) is 14.4 Å². The van der Waals surface area contributed by atoms with Crippen molar-refractivity contribution in [3.63, 3.8) is 0 Å². The number of likely N-dealkylation sites (tertiary alicyclic amines) is 2. The average molecular weight is 638 g/mol. The van der Waals surface area contributed by atoms with Crippen molar-refractivity contribution in [2.45, 2.75) is 51.7 Å². The molecule has 2 fully saturated rings. The Bertz CT molecular complexity index is 1640. The molecule has 232 valence electrons. The lowest BCUT2D eigenvalue weighted by molar-refractivity contribution is 0.0589. The molecule has 1 amide bonds. The monoisotopic (exact) mass is 636 g/mol. The van der Waals surface area contributed by atoms with Crippen LogP contribution in [-0.4, -0.2) is 63.1 Å². The molecule has 2 aliphatic heterocycles. The Morgan fingerprint density at radius 2 is 1.43 bits per heavy atom. The van der Waals surface area contributed by atoms with E-state index in [1.54, 1.807) is 61.7 Å². The first-order valence-electron chi connectivity index (χ1n) is 14.9. The molecule has 0 radical (unpaired) electrons. The molecule has 4 heterocycles. The van der Waals surface area contributed by atoms with Gasteiger partial charge in [0.25, 0.3) is 11.5 Å². The first-order chi connectivity index (χ1) is 20.5. The Hall–Kier alpha value is -3.72. The van der Waals surface area contributed by atoms with Crippen molar-refractivity contribution in [2.24, 2.45) is 0 Å². The smallest absolute Gasteiger partial charge is 0.264 e. The molecule has 6 rings (SSSR count). The number of nitrogens with zero attached hydrogens (tertiary/aromatic N) is 4. The van der Waals surface area contributed by atoms with E-state index in [4.69, 9.17) is 4.74 Å². The van der Waals surface area contributed by atoms with Crippen LogP contribution in [0, 0.1) is 6.92 Å².